The second kappa shape index (κ2) is 13.3. The molecule has 0 aromatic rings. The standard InChI is InChI=1S/C17H32N4O2.HI/c1-5-8-9-12-21(4)16(18-6-2)19-13-15(14-10-11-14)20-17(22)23-7-3;/h5,14-15H,1,6-13H2,2-4H3,(H,18,19)(H,20,22);1H. The molecule has 1 aliphatic rings. The summed E-state index contributed by atoms with van der Waals surface area (Å²) in [5, 5.41) is 6.25. The number of nitrogens with one attached hydrogen (secondary N) is 2. The molecule has 1 saturated carbocycles. The Morgan fingerprint density at radius 3 is 2.71 bits per heavy atom. The van der Waals surface area contributed by atoms with Crippen molar-refractivity contribution in [1.29, 1.82) is 0 Å². The van der Waals surface area contributed by atoms with Crippen molar-refractivity contribution in [3.63, 3.8) is 0 Å². The summed E-state index contributed by atoms with van der Waals surface area (Å²) < 4.78 is 4.98. The van der Waals surface area contributed by atoms with Gasteiger partial charge in [-0.3, -0.25) is 4.99 Å². The van der Waals surface area contributed by atoms with Crippen molar-refractivity contribution in [2.45, 2.75) is 45.6 Å². The molecule has 6 nitrogen and oxygen atoms in total. The zero-order chi connectivity index (χ0) is 17.1. The van der Waals surface area contributed by atoms with Crippen LogP contribution in [0.25, 0.3) is 0 Å². The molecule has 1 unspecified atom stereocenters. The molecule has 24 heavy (non-hydrogen) atoms. The number of hydrogen-bond donors (Lipinski definition) is 2. The van der Waals surface area contributed by atoms with E-state index >= 15 is 0 Å². The number of hydrogen-bond acceptors (Lipinski definition) is 3. The lowest BCUT2D eigenvalue weighted by molar-refractivity contribution is 0.147. The molecule has 0 spiro atoms. The summed E-state index contributed by atoms with van der Waals surface area (Å²) >= 11 is 0. The van der Waals surface area contributed by atoms with Gasteiger partial charge < -0.3 is 20.3 Å². The first-order valence-electron chi connectivity index (χ1n) is 8.65. The minimum absolute atomic E-state index is 0. The Morgan fingerprint density at radius 1 is 1.46 bits per heavy atom. The maximum atomic E-state index is 11.6. The van der Waals surface area contributed by atoms with Gasteiger partial charge in [-0.2, -0.15) is 0 Å². The van der Waals surface area contributed by atoms with Gasteiger partial charge in [0.1, 0.15) is 0 Å². The number of carbonyl (C=O) groups is 1. The number of guanidine groups is 1. The molecule has 0 saturated heterocycles. The Kier molecular flexibility index (Phi) is 12.8. The molecule has 2 N–H and O–H groups in total. The van der Waals surface area contributed by atoms with E-state index in [2.05, 4.69) is 29.0 Å². The topological polar surface area (TPSA) is 66.0 Å². The number of nitrogens with zero attached hydrogens (tertiary/aromatic N) is 2. The second-order valence-corrected chi connectivity index (χ2v) is 5.86. The number of rotatable bonds is 10. The third-order valence-corrected chi connectivity index (χ3v) is 3.81. The zero-order valence-electron chi connectivity index (χ0n) is 15.2. The van der Waals surface area contributed by atoms with Crippen LogP contribution in [0.3, 0.4) is 0 Å². The number of alkyl carbamates (subject to hydrolysis) is 1. The Hall–Kier alpha value is -0.990. The highest BCUT2D eigenvalue weighted by Gasteiger charge is 2.32. The summed E-state index contributed by atoms with van der Waals surface area (Å²) in [4.78, 5) is 18.5. The summed E-state index contributed by atoms with van der Waals surface area (Å²) in [6.07, 6.45) is 5.95. The van der Waals surface area contributed by atoms with Crippen LogP contribution in [0.4, 0.5) is 4.79 Å². The predicted octanol–water partition coefficient (Wildman–Crippen LogP) is 2.99. The Balaban J connectivity index is 0.00000529. The second-order valence-electron chi connectivity index (χ2n) is 5.86. The summed E-state index contributed by atoms with van der Waals surface area (Å²) in [5.41, 5.74) is 0. The Morgan fingerprint density at radius 2 is 2.17 bits per heavy atom. The highest BCUT2D eigenvalue weighted by molar-refractivity contribution is 14.0. The highest BCUT2D eigenvalue weighted by Crippen LogP contribution is 2.32. The van der Waals surface area contributed by atoms with Gasteiger partial charge in [0.25, 0.3) is 0 Å². The van der Waals surface area contributed by atoms with E-state index in [1.54, 1.807) is 0 Å². The van der Waals surface area contributed by atoms with Crippen molar-refractivity contribution in [2.75, 3.05) is 33.3 Å². The van der Waals surface area contributed by atoms with Crippen LogP contribution in [0, 0.1) is 5.92 Å². The van der Waals surface area contributed by atoms with Crippen LogP contribution < -0.4 is 10.6 Å². The summed E-state index contributed by atoms with van der Waals surface area (Å²) in [7, 11) is 2.04. The van der Waals surface area contributed by atoms with Gasteiger partial charge in [0.05, 0.1) is 19.2 Å². The lowest BCUT2D eigenvalue weighted by Gasteiger charge is -2.23. The molecule has 0 aliphatic heterocycles. The Labute approximate surface area is 163 Å². The normalized spacial score (nSPS) is 15.0. The van der Waals surface area contributed by atoms with Gasteiger partial charge >= 0.3 is 6.09 Å². The van der Waals surface area contributed by atoms with Gasteiger partial charge in [0.15, 0.2) is 5.96 Å². The third kappa shape index (κ3) is 9.34. The molecular weight excluding hydrogens is 419 g/mol. The predicted molar refractivity (Wildman–Crippen MR) is 110 cm³/mol. The summed E-state index contributed by atoms with van der Waals surface area (Å²) in [5.74, 6) is 1.41. The maximum Gasteiger partial charge on any atom is 0.407 e. The van der Waals surface area contributed by atoms with Crippen molar-refractivity contribution in [2.24, 2.45) is 10.9 Å². The molecule has 7 heteroatoms. The molecule has 1 fully saturated rings. The van der Waals surface area contributed by atoms with Gasteiger partial charge in [0.2, 0.25) is 0 Å². The van der Waals surface area contributed by atoms with Gasteiger partial charge in [-0.25, -0.2) is 4.79 Å². The van der Waals surface area contributed by atoms with Crippen LogP contribution in [-0.4, -0.2) is 56.3 Å². The van der Waals surface area contributed by atoms with E-state index in [1.165, 1.54) is 0 Å². The fraction of sp³-hybridized carbons (Fsp3) is 0.765. The fourth-order valence-electron chi connectivity index (χ4n) is 2.37. The van der Waals surface area contributed by atoms with Gasteiger partial charge in [-0.05, 0) is 45.4 Å². The van der Waals surface area contributed by atoms with E-state index in [4.69, 9.17) is 9.73 Å². The van der Waals surface area contributed by atoms with Crippen molar-refractivity contribution < 1.29 is 9.53 Å². The molecule has 1 atom stereocenters. The van der Waals surface area contributed by atoms with Crippen LogP contribution in [0.1, 0.15) is 39.5 Å². The van der Waals surface area contributed by atoms with Crippen molar-refractivity contribution >= 4 is 36.0 Å². The first-order valence-corrected chi connectivity index (χ1v) is 8.65. The molecule has 1 rings (SSSR count). The molecular formula is C17H33IN4O2. The number of halogens is 1. The van der Waals surface area contributed by atoms with Gasteiger partial charge in [0, 0.05) is 20.1 Å². The van der Waals surface area contributed by atoms with Crippen molar-refractivity contribution in [3.05, 3.63) is 12.7 Å². The molecule has 0 aromatic carbocycles. The fourth-order valence-corrected chi connectivity index (χ4v) is 2.37. The number of amides is 1. The molecule has 0 radical (unpaired) electrons. The summed E-state index contributed by atoms with van der Waals surface area (Å²) in [6.45, 7) is 10.3. The molecule has 0 heterocycles. The van der Waals surface area contributed by atoms with Crippen LogP contribution >= 0.6 is 24.0 Å². The van der Waals surface area contributed by atoms with E-state index in [-0.39, 0.29) is 36.1 Å². The number of aliphatic imine (C=N–C) groups is 1. The summed E-state index contributed by atoms with van der Waals surface area (Å²) in [6, 6.07) is 0.0595. The van der Waals surface area contributed by atoms with E-state index in [1.807, 2.05) is 20.0 Å². The number of unbranched alkanes of at least 4 members (excludes halogenated alkanes) is 1. The average molecular weight is 452 g/mol. The maximum absolute atomic E-state index is 11.6. The lowest BCUT2D eigenvalue weighted by atomic mass is 10.2. The van der Waals surface area contributed by atoms with Crippen LogP contribution in [0.15, 0.2) is 17.6 Å². The van der Waals surface area contributed by atoms with Gasteiger partial charge in [-0.1, -0.05) is 6.08 Å². The molecule has 1 aliphatic carbocycles. The quantitative estimate of drug-likeness (QED) is 0.176. The Bertz CT molecular complexity index is 400. The van der Waals surface area contributed by atoms with E-state index in [9.17, 15) is 4.79 Å². The van der Waals surface area contributed by atoms with E-state index < -0.39 is 0 Å². The highest BCUT2D eigenvalue weighted by atomic mass is 127. The van der Waals surface area contributed by atoms with E-state index in [0.717, 1.165) is 44.7 Å². The average Bonchev–Trinajstić information content (AvgIpc) is 3.35. The molecule has 140 valence electrons. The third-order valence-electron chi connectivity index (χ3n) is 3.81. The molecule has 0 bridgehead atoms. The number of allylic oxidation sites excluding steroid dienone is 1. The first-order chi connectivity index (χ1) is 11.1. The SMILES string of the molecule is C=CCCCN(C)C(=NCC(NC(=O)OCC)C1CC1)NCC.I. The first kappa shape index (κ1) is 23.0. The van der Waals surface area contributed by atoms with Crippen molar-refractivity contribution in [1.82, 2.24) is 15.5 Å². The monoisotopic (exact) mass is 452 g/mol. The molecule has 1 amide bonds. The minimum atomic E-state index is -0.344. The zero-order valence-corrected chi connectivity index (χ0v) is 17.5. The van der Waals surface area contributed by atoms with Crippen molar-refractivity contribution in [3.8, 4) is 0 Å². The molecule has 0 aromatic heterocycles. The van der Waals surface area contributed by atoms with Crippen LogP contribution in [-0.2, 0) is 4.74 Å². The smallest absolute Gasteiger partial charge is 0.407 e. The minimum Gasteiger partial charge on any atom is -0.450 e. The number of carbonyl (C=O) groups excluding carboxylic acids is 1. The van der Waals surface area contributed by atoms with Crippen LogP contribution in [0.2, 0.25) is 0 Å². The van der Waals surface area contributed by atoms with Gasteiger partial charge in [-0.15, -0.1) is 30.6 Å². The number of ether oxygens (including phenoxy) is 1. The largest absolute Gasteiger partial charge is 0.450 e. The lowest BCUT2D eigenvalue weighted by Crippen LogP contribution is -2.42. The van der Waals surface area contributed by atoms with E-state index in [0.29, 0.717) is 19.1 Å². The van der Waals surface area contributed by atoms with Crippen LogP contribution in [0.5, 0.6) is 0 Å².